The van der Waals surface area contributed by atoms with E-state index in [-0.39, 0.29) is 12.6 Å². The Hall–Kier alpha value is -0.410. The maximum atomic E-state index is 9.21. The normalized spacial score (nSPS) is 12.8. The molecule has 0 bridgehead atoms. The fourth-order valence-corrected chi connectivity index (χ4v) is 2.70. The second-order valence-corrected chi connectivity index (χ2v) is 5.72. The van der Waals surface area contributed by atoms with E-state index in [4.69, 9.17) is 5.26 Å². The van der Waals surface area contributed by atoms with Crippen molar-refractivity contribution in [1.29, 1.82) is 5.26 Å². The van der Waals surface area contributed by atoms with Gasteiger partial charge in [0, 0.05) is 11.4 Å². The molecule has 0 amide bonds. The quantitative estimate of drug-likeness (QED) is 0.920. The summed E-state index contributed by atoms with van der Waals surface area (Å²) in [6.45, 7) is 0.0974. The van der Waals surface area contributed by atoms with Crippen LogP contribution in [0.2, 0.25) is 0 Å². The third kappa shape index (κ3) is 3.02. The maximum absolute atomic E-state index is 9.21. The molecule has 1 N–H and O–H groups in total. The van der Waals surface area contributed by atoms with E-state index in [2.05, 4.69) is 22.0 Å². The van der Waals surface area contributed by atoms with Crippen molar-refractivity contribution in [2.24, 2.45) is 0 Å². The Balaban J connectivity index is 2.88. The van der Waals surface area contributed by atoms with E-state index in [0.717, 1.165) is 9.35 Å². The number of halogens is 1. The van der Waals surface area contributed by atoms with Crippen LogP contribution in [0, 0.1) is 11.3 Å². The molecule has 1 aromatic rings. The lowest BCUT2D eigenvalue weighted by molar-refractivity contribution is 0.169. The first-order chi connectivity index (χ1) is 7.10. The van der Waals surface area contributed by atoms with Gasteiger partial charge in [-0.15, -0.1) is 11.3 Å². The average Bonchev–Trinajstić information content (AvgIpc) is 2.55. The number of likely N-dealkylation sites (N-methyl/N-ethyl adjacent to an activating group) is 1. The van der Waals surface area contributed by atoms with E-state index in [1.807, 2.05) is 24.4 Å². The molecule has 82 valence electrons. The molecule has 0 aliphatic rings. The number of hydrogen-bond donors (Lipinski definition) is 1. The van der Waals surface area contributed by atoms with Gasteiger partial charge in [-0.25, -0.2) is 0 Å². The summed E-state index contributed by atoms with van der Waals surface area (Å²) in [6, 6.07) is 2.22. The van der Waals surface area contributed by atoms with Gasteiger partial charge in [0.25, 0.3) is 0 Å². The highest BCUT2D eigenvalue weighted by Crippen LogP contribution is 2.29. The zero-order valence-electron chi connectivity index (χ0n) is 8.70. The molecule has 1 aromatic heterocycles. The van der Waals surface area contributed by atoms with Crippen molar-refractivity contribution in [3.05, 3.63) is 20.3 Å². The number of hydrogen-bond acceptors (Lipinski definition) is 4. The van der Waals surface area contributed by atoms with Crippen LogP contribution >= 0.6 is 27.3 Å². The molecule has 1 atom stereocenters. The van der Waals surface area contributed by atoms with Crippen LogP contribution in [0.15, 0.2) is 9.17 Å². The first kappa shape index (κ1) is 12.7. The van der Waals surface area contributed by atoms with E-state index in [0.29, 0.717) is 12.0 Å². The summed E-state index contributed by atoms with van der Waals surface area (Å²) in [6.07, 6.45) is 0.691. The standard InChI is InChI=1S/C10H13BrN2OS/c1-13(2)8(5-14)3-9-7(4-12)6-15-10(9)11/h6,8,14H,3,5H2,1-2H3. The van der Waals surface area contributed by atoms with Crippen molar-refractivity contribution in [1.82, 2.24) is 4.90 Å². The van der Waals surface area contributed by atoms with Crippen molar-refractivity contribution in [2.45, 2.75) is 12.5 Å². The van der Waals surface area contributed by atoms with Crippen LogP contribution < -0.4 is 0 Å². The van der Waals surface area contributed by atoms with Gasteiger partial charge < -0.3 is 10.0 Å². The van der Waals surface area contributed by atoms with Gasteiger partial charge in [-0.05, 0) is 42.0 Å². The lowest BCUT2D eigenvalue weighted by Gasteiger charge is -2.21. The molecule has 1 unspecified atom stereocenters. The van der Waals surface area contributed by atoms with Gasteiger partial charge in [-0.3, -0.25) is 0 Å². The third-order valence-electron chi connectivity index (χ3n) is 2.34. The van der Waals surface area contributed by atoms with E-state index >= 15 is 0 Å². The summed E-state index contributed by atoms with van der Waals surface area (Å²) < 4.78 is 0.986. The van der Waals surface area contributed by atoms with Crippen molar-refractivity contribution in [3.8, 4) is 6.07 Å². The van der Waals surface area contributed by atoms with E-state index in [1.165, 1.54) is 11.3 Å². The van der Waals surface area contributed by atoms with Gasteiger partial charge in [0.05, 0.1) is 16.0 Å². The van der Waals surface area contributed by atoms with E-state index in [9.17, 15) is 5.11 Å². The van der Waals surface area contributed by atoms with E-state index in [1.54, 1.807) is 0 Å². The predicted molar refractivity (Wildman–Crippen MR) is 65.0 cm³/mol. The molecule has 0 fully saturated rings. The minimum Gasteiger partial charge on any atom is -0.395 e. The average molecular weight is 289 g/mol. The summed E-state index contributed by atoms with van der Waals surface area (Å²) in [5, 5.41) is 20.0. The maximum Gasteiger partial charge on any atom is 0.100 e. The van der Waals surface area contributed by atoms with Crippen molar-refractivity contribution in [3.63, 3.8) is 0 Å². The second-order valence-electron chi connectivity index (χ2n) is 3.52. The molecule has 0 saturated carbocycles. The Kier molecular flexibility index (Phi) is 4.74. The summed E-state index contributed by atoms with van der Waals surface area (Å²) in [7, 11) is 3.85. The predicted octanol–water partition coefficient (Wildman–Crippen LogP) is 1.85. The van der Waals surface area contributed by atoms with Gasteiger partial charge in [0.1, 0.15) is 6.07 Å². The Morgan fingerprint density at radius 2 is 2.33 bits per heavy atom. The molecular weight excluding hydrogens is 276 g/mol. The fourth-order valence-electron chi connectivity index (χ4n) is 1.29. The Morgan fingerprint density at radius 1 is 1.67 bits per heavy atom. The Morgan fingerprint density at radius 3 is 2.80 bits per heavy atom. The molecule has 3 nitrogen and oxygen atoms in total. The van der Waals surface area contributed by atoms with Crippen LogP contribution in [0.25, 0.3) is 0 Å². The van der Waals surface area contributed by atoms with Crippen molar-refractivity contribution >= 4 is 27.3 Å². The van der Waals surface area contributed by atoms with Gasteiger partial charge in [0.2, 0.25) is 0 Å². The molecule has 0 aliphatic heterocycles. The molecule has 0 radical (unpaired) electrons. The molecular formula is C10H13BrN2OS. The monoisotopic (exact) mass is 288 g/mol. The van der Waals surface area contributed by atoms with Crippen molar-refractivity contribution < 1.29 is 5.11 Å². The van der Waals surface area contributed by atoms with Gasteiger partial charge in [-0.1, -0.05) is 0 Å². The lowest BCUT2D eigenvalue weighted by atomic mass is 10.1. The Bertz CT molecular complexity index is 370. The zero-order valence-corrected chi connectivity index (χ0v) is 11.1. The molecule has 0 aliphatic carbocycles. The first-order valence-corrected chi connectivity index (χ1v) is 6.20. The van der Waals surface area contributed by atoms with E-state index < -0.39 is 0 Å². The largest absolute Gasteiger partial charge is 0.395 e. The van der Waals surface area contributed by atoms with Gasteiger partial charge in [0.15, 0.2) is 0 Å². The first-order valence-electron chi connectivity index (χ1n) is 4.53. The minimum absolute atomic E-state index is 0.0583. The Labute approximate surface area is 102 Å². The van der Waals surface area contributed by atoms with Crippen LogP contribution in [0.3, 0.4) is 0 Å². The molecule has 15 heavy (non-hydrogen) atoms. The summed E-state index contributed by atoms with van der Waals surface area (Å²) in [4.78, 5) is 1.96. The fraction of sp³-hybridized carbons (Fsp3) is 0.500. The molecule has 0 spiro atoms. The molecule has 0 saturated heterocycles. The number of nitriles is 1. The van der Waals surface area contributed by atoms with Gasteiger partial charge in [-0.2, -0.15) is 5.26 Å². The summed E-state index contributed by atoms with van der Waals surface area (Å²) in [5.41, 5.74) is 1.70. The van der Waals surface area contributed by atoms with Crippen LogP contribution in [-0.2, 0) is 6.42 Å². The number of nitrogens with zero attached hydrogens (tertiary/aromatic N) is 2. The SMILES string of the molecule is CN(C)C(CO)Cc1c(C#N)csc1Br. The highest BCUT2D eigenvalue weighted by Gasteiger charge is 2.17. The van der Waals surface area contributed by atoms with Crippen molar-refractivity contribution in [2.75, 3.05) is 20.7 Å². The molecule has 1 rings (SSSR count). The number of rotatable bonds is 4. The third-order valence-corrected chi connectivity index (χ3v) is 4.19. The zero-order chi connectivity index (χ0) is 11.4. The highest BCUT2D eigenvalue weighted by atomic mass is 79.9. The minimum atomic E-state index is 0.0583. The topological polar surface area (TPSA) is 47.3 Å². The van der Waals surface area contributed by atoms with Crippen LogP contribution in [0.5, 0.6) is 0 Å². The van der Waals surface area contributed by atoms with Crippen LogP contribution in [-0.4, -0.2) is 36.8 Å². The number of thiophene rings is 1. The van der Waals surface area contributed by atoms with Crippen LogP contribution in [0.1, 0.15) is 11.1 Å². The van der Waals surface area contributed by atoms with Crippen LogP contribution in [0.4, 0.5) is 0 Å². The van der Waals surface area contributed by atoms with Gasteiger partial charge >= 0.3 is 0 Å². The summed E-state index contributed by atoms with van der Waals surface area (Å²) >= 11 is 4.95. The molecule has 0 aromatic carbocycles. The number of aliphatic hydroxyl groups is 1. The molecule has 5 heteroatoms. The lowest BCUT2D eigenvalue weighted by Crippen LogP contribution is -2.33. The second kappa shape index (κ2) is 5.61. The molecule has 1 heterocycles. The highest BCUT2D eigenvalue weighted by molar-refractivity contribution is 9.11. The summed E-state index contributed by atoms with van der Waals surface area (Å²) in [5.74, 6) is 0. The smallest absolute Gasteiger partial charge is 0.100 e. The number of aliphatic hydroxyl groups excluding tert-OH is 1.